The van der Waals surface area contributed by atoms with E-state index in [1.807, 2.05) is 109 Å². The standard InChI is InChI=1S/C56H34N6S/c1-3-15-35(16-4-1)54-60-55(36-17-5-2-6-18-36)62-56(61-54)38-26-28-41-40-27-25-37(33-50(40)63-51(41)34-38)52-42-19-7-9-21-44(42)53(45-22-10-8-20-43(45)52)39-31-48(46-23-11-13-29-57-46)59-49(32-39)47-24-12-14-30-58-47/h1-34H. The molecule has 0 spiro atoms. The third-order valence-electron chi connectivity index (χ3n) is 11.6. The largest absolute Gasteiger partial charge is 0.255 e. The molecule has 0 unspecified atom stereocenters. The van der Waals surface area contributed by atoms with Gasteiger partial charge in [0.15, 0.2) is 17.5 Å². The van der Waals surface area contributed by atoms with Gasteiger partial charge >= 0.3 is 0 Å². The van der Waals surface area contributed by atoms with Crippen LogP contribution in [0.4, 0.5) is 0 Å². The van der Waals surface area contributed by atoms with Gasteiger partial charge in [-0.3, -0.25) is 9.97 Å². The minimum Gasteiger partial charge on any atom is -0.255 e. The van der Waals surface area contributed by atoms with Gasteiger partial charge in [0, 0.05) is 49.3 Å². The highest BCUT2D eigenvalue weighted by Gasteiger charge is 2.20. The SMILES string of the molecule is c1ccc(-c2nc(-c3ccccc3)nc(-c3ccc4c(c3)sc3cc(-c5c6ccccc6c(-c6cc(-c7ccccn7)nc(-c7ccccn7)c6)c6ccccc56)ccc34)n2)cc1. The zero-order chi connectivity index (χ0) is 41.7. The monoisotopic (exact) mass is 822 g/mol. The third-order valence-corrected chi connectivity index (χ3v) is 12.7. The van der Waals surface area contributed by atoms with Crippen LogP contribution in [0.5, 0.6) is 0 Å². The first-order valence-corrected chi connectivity index (χ1v) is 21.7. The molecule has 0 aliphatic heterocycles. The molecule has 5 aromatic heterocycles. The highest BCUT2D eigenvalue weighted by Crippen LogP contribution is 2.46. The van der Waals surface area contributed by atoms with Gasteiger partial charge in [-0.25, -0.2) is 19.9 Å². The van der Waals surface area contributed by atoms with Crippen molar-refractivity contribution in [2.24, 2.45) is 0 Å². The fourth-order valence-electron chi connectivity index (χ4n) is 8.73. The Balaban J connectivity index is 1.01. The lowest BCUT2D eigenvalue weighted by Crippen LogP contribution is -1.99. The Bertz CT molecular complexity index is 3500. The van der Waals surface area contributed by atoms with E-state index >= 15 is 0 Å². The Morgan fingerprint density at radius 2 is 0.683 bits per heavy atom. The number of nitrogens with zero attached hydrogens (tertiary/aromatic N) is 6. The van der Waals surface area contributed by atoms with E-state index in [2.05, 4.69) is 97.1 Å². The van der Waals surface area contributed by atoms with E-state index in [-0.39, 0.29) is 0 Å². The van der Waals surface area contributed by atoms with E-state index in [1.54, 1.807) is 11.3 Å². The molecule has 63 heavy (non-hydrogen) atoms. The molecule has 12 rings (SSSR count). The van der Waals surface area contributed by atoms with Crippen LogP contribution in [0.2, 0.25) is 0 Å². The Hall–Kier alpha value is -8.26. The minimum atomic E-state index is 0.647. The Labute approximate surface area is 367 Å². The molecule has 6 nitrogen and oxygen atoms in total. The molecular formula is C56H34N6S. The summed E-state index contributed by atoms with van der Waals surface area (Å²) in [5, 5.41) is 7.13. The van der Waals surface area contributed by atoms with Crippen LogP contribution in [-0.4, -0.2) is 29.9 Å². The van der Waals surface area contributed by atoms with Gasteiger partial charge < -0.3 is 0 Å². The van der Waals surface area contributed by atoms with E-state index in [9.17, 15) is 0 Å². The van der Waals surface area contributed by atoms with E-state index < -0.39 is 0 Å². The summed E-state index contributed by atoms with van der Waals surface area (Å²) in [5.41, 5.74) is 10.7. The first-order chi connectivity index (χ1) is 31.2. The van der Waals surface area contributed by atoms with Gasteiger partial charge in [-0.15, -0.1) is 11.3 Å². The van der Waals surface area contributed by atoms with Gasteiger partial charge in [-0.05, 0) is 92.3 Å². The predicted octanol–water partition coefficient (Wildman–Crippen LogP) is 14.4. The number of pyridine rings is 3. The Morgan fingerprint density at radius 3 is 1.16 bits per heavy atom. The van der Waals surface area contributed by atoms with Crippen molar-refractivity contribution in [2.45, 2.75) is 0 Å². The average Bonchev–Trinajstić information content (AvgIpc) is 3.73. The van der Waals surface area contributed by atoms with Crippen LogP contribution in [0.15, 0.2) is 207 Å². The fraction of sp³-hybridized carbons (Fsp3) is 0. The van der Waals surface area contributed by atoms with Crippen molar-refractivity contribution < 1.29 is 0 Å². The summed E-state index contributed by atoms with van der Waals surface area (Å²) >= 11 is 1.80. The van der Waals surface area contributed by atoms with E-state index in [1.165, 1.54) is 52.8 Å². The summed E-state index contributed by atoms with van der Waals surface area (Å²) in [6, 6.07) is 67.5. The number of rotatable bonds is 7. The van der Waals surface area contributed by atoms with Crippen molar-refractivity contribution >= 4 is 53.1 Å². The highest BCUT2D eigenvalue weighted by atomic mass is 32.1. The van der Waals surface area contributed by atoms with Crippen molar-refractivity contribution in [3.8, 4) is 79.2 Å². The second kappa shape index (κ2) is 15.3. The number of fused-ring (bicyclic) bond motifs is 5. The molecule has 0 N–H and O–H groups in total. The van der Waals surface area contributed by atoms with Crippen LogP contribution in [-0.2, 0) is 0 Å². The summed E-state index contributed by atoms with van der Waals surface area (Å²) in [7, 11) is 0. The van der Waals surface area contributed by atoms with E-state index in [0.717, 1.165) is 50.6 Å². The summed E-state index contributed by atoms with van der Waals surface area (Å²) < 4.78 is 2.40. The summed E-state index contributed by atoms with van der Waals surface area (Å²) in [4.78, 5) is 29.4. The molecule has 5 heterocycles. The normalized spacial score (nSPS) is 11.5. The van der Waals surface area contributed by atoms with Gasteiger partial charge in [-0.1, -0.05) is 146 Å². The van der Waals surface area contributed by atoms with Gasteiger partial charge in [-0.2, -0.15) is 0 Å². The number of hydrogen-bond donors (Lipinski definition) is 0. The Morgan fingerprint density at radius 1 is 0.270 bits per heavy atom. The van der Waals surface area contributed by atoms with E-state index in [4.69, 9.17) is 29.9 Å². The minimum absolute atomic E-state index is 0.647. The molecule has 7 aromatic carbocycles. The molecule has 12 aromatic rings. The maximum absolute atomic E-state index is 5.09. The maximum Gasteiger partial charge on any atom is 0.164 e. The highest BCUT2D eigenvalue weighted by molar-refractivity contribution is 7.25. The van der Waals surface area contributed by atoms with Gasteiger partial charge in [0.2, 0.25) is 0 Å². The average molecular weight is 823 g/mol. The van der Waals surface area contributed by atoms with Crippen LogP contribution < -0.4 is 0 Å². The Kier molecular flexibility index (Phi) is 8.90. The van der Waals surface area contributed by atoms with Crippen molar-refractivity contribution in [3.05, 3.63) is 207 Å². The van der Waals surface area contributed by atoms with Crippen molar-refractivity contribution in [1.29, 1.82) is 0 Å². The first kappa shape index (κ1) is 36.6. The molecule has 0 saturated heterocycles. The second-order valence-corrected chi connectivity index (χ2v) is 16.5. The molecule has 0 amide bonds. The topological polar surface area (TPSA) is 77.3 Å². The van der Waals surface area contributed by atoms with Crippen LogP contribution in [0, 0.1) is 0 Å². The number of benzene rings is 7. The quantitative estimate of drug-likeness (QED) is 0.149. The summed E-state index contributed by atoms with van der Waals surface area (Å²) in [6.07, 6.45) is 3.63. The zero-order valence-corrected chi connectivity index (χ0v) is 34.5. The fourth-order valence-corrected chi connectivity index (χ4v) is 9.91. The second-order valence-electron chi connectivity index (χ2n) is 15.5. The van der Waals surface area contributed by atoms with Crippen molar-refractivity contribution in [2.75, 3.05) is 0 Å². The molecular weight excluding hydrogens is 789 g/mol. The molecule has 0 bridgehead atoms. The molecule has 294 valence electrons. The third kappa shape index (κ3) is 6.59. The number of thiophene rings is 1. The molecule has 0 radical (unpaired) electrons. The van der Waals surface area contributed by atoms with Crippen LogP contribution in [0.25, 0.3) is 121 Å². The summed E-state index contributed by atoms with van der Waals surface area (Å²) in [6.45, 7) is 0. The van der Waals surface area contributed by atoms with Crippen LogP contribution in [0.1, 0.15) is 0 Å². The maximum atomic E-state index is 5.09. The van der Waals surface area contributed by atoms with Crippen molar-refractivity contribution in [3.63, 3.8) is 0 Å². The van der Waals surface area contributed by atoms with Gasteiger partial charge in [0.1, 0.15) is 0 Å². The first-order valence-electron chi connectivity index (χ1n) is 20.8. The van der Waals surface area contributed by atoms with Crippen LogP contribution in [0.3, 0.4) is 0 Å². The van der Waals surface area contributed by atoms with E-state index in [0.29, 0.717) is 17.5 Å². The lowest BCUT2D eigenvalue weighted by molar-refractivity contribution is 1.07. The molecule has 0 fully saturated rings. The van der Waals surface area contributed by atoms with Crippen LogP contribution >= 0.6 is 11.3 Å². The molecule has 0 aliphatic rings. The smallest absolute Gasteiger partial charge is 0.164 e. The van der Waals surface area contributed by atoms with Gasteiger partial charge in [0.05, 0.1) is 22.8 Å². The van der Waals surface area contributed by atoms with Gasteiger partial charge in [0.25, 0.3) is 0 Å². The molecule has 7 heteroatoms. The number of aromatic nitrogens is 6. The van der Waals surface area contributed by atoms with Crippen molar-refractivity contribution in [1.82, 2.24) is 29.9 Å². The molecule has 0 atom stereocenters. The lowest BCUT2D eigenvalue weighted by Gasteiger charge is -2.18. The lowest BCUT2D eigenvalue weighted by atomic mass is 9.85. The zero-order valence-electron chi connectivity index (χ0n) is 33.7. The molecule has 0 aliphatic carbocycles. The summed E-state index contributed by atoms with van der Waals surface area (Å²) in [5.74, 6) is 1.95. The number of hydrogen-bond acceptors (Lipinski definition) is 7. The molecule has 0 saturated carbocycles. The predicted molar refractivity (Wildman–Crippen MR) is 259 cm³/mol.